The third kappa shape index (κ3) is 3.98. The second-order valence-electron chi connectivity index (χ2n) is 5.15. The van der Waals surface area contributed by atoms with Crippen molar-refractivity contribution in [2.45, 2.75) is 54.0 Å². The predicted octanol–water partition coefficient (Wildman–Crippen LogP) is 4.43. The molecule has 1 aliphatic rings. The Kier molecular flexibility index (Phi) is 6.41. The number of ether oxygens (including phenoxy) is 2. The van der Waals surface area contributed by atoms with E-state index >= 15 is 0 Å². The van der Waals surface area contributed by atoms with Crippen LogP contribution in [0.5, 0.6) is 0 Å². The fraction of sp³-hybridized carbons (Fsp3) is 0.909. The molecule has 1 saturated heterocycles. The van der Waals surface area contributed by atoms with E-state index in [9.17, 15) is 48.7 Å². The first kappa shape index (κ1) is 23.5. The van der Waals surface area contributed by atoms with E-state index in [2.05, 4.69) is 4.74 Å². The topological polar surface area (TPSA) is 38.8 Å². The van der Waals surface area contributed by atoms with Gasteiger partial charge in [0, 0.05) is 3.92 Å². The molecule has 1 fully saturated rings. The molecule has 26 heavy (non-hydrogen) atoms. The zero-order valence-corrected chi connectivity index (χ0v) is 14.7. The number of alkyl halides is 11. The molecule has 0 amide bonds. The van der Waals surface area contributed by atoms with Crippen molar-refractivity contribution < 1.29 is 58.2 Å². The van der Waals surface area contributed by atoms with E-state index in [1.807, 2.05) is 27.3 Å². The quantitative estimate of drug-likeness (QED) is 0.130. The molecule has 0 aliphatic carbocycles. The number of nitrogens with zero attached hydrogens (tertiary/aromatic N) is 1. The largest absolute Gasteiger partial charge is 0.460 e. The molecule has 0 bridgehead atoms. The number of hydrogen-bond donors (Lipinski definition) is 0. The molecule has 1 atom stereocenters. The minimum absolute atomic E-state index is 0.0305. The number of esters is 1. The third-order valence-electron chi connectivity index (χ3n) is 3.02. The maximum absolute atomic E-state index is 13.7. The highest BCUT2D eigenvalue weighted by Crippen LogP contribution is 2.58. The summed E-state index contributed by atoms with van der Waals surface area (Å²) in [6.45, 7) is 0.798. The summed E-state index contributed by atoms with van der Waals surface area (Å²) in [4.78, 5) is 8.01. The van der Waals surface area contributed by atoms with Gasteiger partial charge in [-0.15, -0.1) is 0 Å². The van der Waals surface area contributed by atoms with E-state index < -0.39 is 47.8 Å². The molecule has 0 N–H and O–H groups in total. The standard InChI is InChI=1S/C11H10F10INO3/c1-5(22)3-2-4-25-6(24)7(12,13)23-8(14,15)10(18,19)26-11(20,21)9(23,16)17/h5H,2-4H2,1H3. The lowest BCUT2D eigenvalue weighted by atomic mass is 10.2. The molecule has 0 aromatic carbocycles. The molecule has 0 aromatic rings. The zero-order chi connectivity index (χ0) is 20.8. The fourth-order valence-corrected chi connectivity index (χ4v) is 2.22. The third-order valence-corrected chi connectivity index (χ3v) is 3.65. The number of morpholine rings is 1. The van der Waals surface area contributed by atoms with Gasteiger partial charge in [-0.05, 0) is 12.8 Å². The van der Waals surface area contributed by atoms with Crippen molar-refractivity contribution in [3.8, 4) is 0 Å². The Bertz CT molecular complexity index is 516. The highest BCUT2D eigenvalue weighted by atomic mass is 127. The first-order valence-electron chi connectivity index (χ1n) is 6.62. The van der Waals surface area contributed by atoms with Gasteiger partial charge in [0.2, 0.25) is 0 Å². The van der Waals surface area contributed by atoms with Gasteiger partial charge in [0.15, 0.2) is 0 Å². The number of halogens is 11. The summed E-state index contributed by atoms with van der Waals surface area (Å²) in [6.07, 6.45) is -12.7. The van der Waals surface area contributed by atoms with Crippen LogP contribution in [-0.4, -0.2) is 51.8 Å². The van der Waals surface area contributed by atoms with Crippen LogP contribution < -0.4 is 0 Å². The molecule has 0 spiro atoms. The van der Waals surface area contributed by atoms with Gasteiger partial charge in [-0.1, -0.05) is 34.4 Å². The lowest BCUT2D eigenvalue weighted by Gasteiger charge is -2.48. The molecule has 1 unspecified atom stereocenters. The van der Waals surface area contributed by atoms with Crippen LogP contribution in [0, 0.1) is 0 Å². The van der Waals surface area contributed by atoms with Crippen LogP contribution in [0.25, 0.3) is 0 Å². The molecule has 0 aromatic heterocycles. The molecular weight excluding hydrogens is 511 g/mol. The Morgan fingerprint density at radius 2 is 1.50 bits per heavy atom. The summed E-state index contributed by atoms with van der Waals surface area (Å²) in [6, 6.07) is -19.6. The molecule has 154 valence electrons. The Hall–Kier alpha value is -0.580. The van der Waals surface area contributed by atoms with Crippen LogP contribution in [0.15, 0.2) is 0 Å². The van der Waals surface area contributed by atoms with Crippen molar-refractivity contribution in [3.63, 3.8) is 0 Å². The second-order valence-corrected chi connectivity index (χ2v) is 7.28. The number of carbonyl (C=O) groups is 1. The van der Waals surface area contributed by atoms with Gasteiger partial charge in [0.25, 0.3) is 0 Å². The summed E-state index contributed by atoms with van der Waals surface area (Å²) < 4.78 is 139. The smallest absolute Gasteiger partial charge is 0.439 e. The molecule has 1 heterocycles. The molecule has 15 heteroatoms. The minimum atomic E-state index is -6.67. The number of hydrogen-bond acceptors (Lipinski definition) is 4. The van der Waals surface area contributed by atoms with Crippen LogP contribution in [0.4, 0.5) is 43.9 Å². The van der Waals surface area contributed by atoms with Crippen molar-refractivity contribution in [2.24, 2.45) is 0 Å². The van der Waals surface area contributed by atoms with Crippen molar-refractivity contribution in [1.82, 2.24) is 4.90 Å². The van der Waals surface area contributed by atoms with Gasteiger partial charge in [-0.3, -0.25) is 0 Å². The average Bonchev–Trinajstić information content (AvgIpc) is 2.39. The summed E-state index contributed by atoms with van der Waals surface area (Å²) in [5.41, 5.74) is 0. The molecule has 1 aliphatic heterocycles. The Balaban J connectivity index is 3.18. The monoisotopic (exact) mass is 521 g/mol. The van der Waals surface area contributed by atoms with Gasteiger partial charge >= 0.3 is 36.3 Å². The maximum atomic E-state index is 13.7. The number of rotatable bonds is 6. The van der Waals surface area contributed by atoms with E-state index in [1.165, 1.54) is 0 Å². The normalized spacial score (nSPS) is 25.5. The van der Waals surface area contributed by atoms with E-state index in [0.717, 1.165) is 0 Å². The predicted molar refractivity (Wildman–Crippen MR) is 71.3 cm³/mol. The summed E-state index contributed by atoms with van der Waals surface area (Å²) in [7, 11) is 0. The first-order chi connectivity index (χ1) is 11.4. The highest BCUT2D eigenvalue weighted by molar-refractivity contribution is 14.1. The zero-order valence-electron chi connectivity index (χ0n) is 12.5. The highest BCUT2D eigenvalue weighted by Gasteiger charge is 2.88. The molecule has 4 nitrogen and oxygen atoms in total. The van der Waals surface area contributed by atoms with Crippen LogP contribution >= 0.6 is 22.6 Å². The number of carbonyl (C=O) groups excluding carboxylic acids is 1. The van der Waals surface area contributed by atoms with Crippen LogP contribution in [0.3, 0.4) is 0 Å². The van der Waals surface area contributed by atoms with E-state index in [4.69, 9.17) is 0 Å². The van der Waals surface area contributed by atoms with E-state index in [1.54, 1.807) is 6.92 Å². The Morgan fingerprint density at radius 3 is 1.88 bits per heavy atom. The van der Waals surface area contributed by atoms with Crippen molar-refractivity contribution in [3.05, 3.63) is 0 Å². The van der Waals surface area contributed by atoms with Crippen molar-refractivity contribution in [2.75, 3.05) is 6.61 Å². The lowest BCUT2D eigenvalue weighted by Crippen LogP contribution is -2.78. The van der Waals surface area contributed by atoms with Crippen molar-refractivity contribution >= 4 is 28.6 Å². The SMILES string of the molecule is CC(I)CCCOC(=O)C(F)(F)N1C(F)(F)C(F)(F)OC(F)(F)C1(F)F. The Morgan fingerprint density at radius 1 is 1.08 bits per heavy atom. The van der Waals surface area contributed by atoms with Gasteiger partial charge in [-0.2, -0.15) is 43.9 Å². The van der Waals surface area contributed by atoms with Crippen LogP contribution in [0.2, 0.25) is 0 Å². The second kappa shape index (κ2) is 7.10. The lowest BCUT2D eigenvalue weighted by molar-refractivity contribution is -0.581. The van der Waals surface area contributed by atoms with Gasteiger partial charge in [-0.25, -0.2) is 9.53 Å². The summed E-state index contributed by atoms with van der Waals surface area (Å²) >= 11 is 1.89. The van der Waals surface area contributed by atoms with Crippen LogP contribution in [-0.2, 0) is 14.3 Å². The molecule has 0 saturated carbocycles. The fourth-order valence-electron chi connectivity index (χ4n) is 1.78. The molecule has 0 radical (unpaired) electrons. The maximum Gasteiger partial charge on any atom is 0.439 e. The molecule has 1 rings (SSSR count). The van der Waals surface area contributed by atoms with E-state index in [0.29, 0.717) is 0 Å². The summed E-state index contributed by atoms with van der Waals surface area (Å²) in [5.74, 6) is -3.12. The van der Waals surface area contributed by atoms with Gasteiger partial charge in [0.1, 0.15) is 0 Å². The van der Waals surface area contributed by atoms with Crippen molar-refractivity contribution in [1.29, 1.82) is 0 Å². The summed E-state index contributed by atoms with van der Waals surface area (Å²) in [5, 5.41) is 0. The van der Waals surface area contributed by atoms with Crippen LogP contribution in [0.1, 0.15) is 19.8 Å². The average molecular weight is 521 g/mol. The Labute approximate surface area is 152 Å². The molecular formula is C11H10F10INO3. The first-order valence-corrected chi connectivity index (χ1v) is 7.87. The minimum Gasteiger partial charge on any atom is -0.460 e. The van der Waals surface area contributed by atoms with Gasteiger partial charge in [0.05, 0.1) is 6.61 Å². The van der Waals surface area contributed by atoms with E-state index in [-0.39, 0.29) is 16.8 Å². The van der Waals surface area contributed by atoms with Gasteiger partial charge < -0.3 is 4.74 Å².